The van der Waals surface area contributed by atoms with Gasteiger partial charge in [0.05, 0.1) is 0 Å². The number of nitrogens with one attached hydrogen (secondary N) is 1. The molecule has 0 amide bonds. The maximum atomic E-state index is 3.88. The fourth-order valence-electron chi connectivity index (χ4n) is 2.97. The first-order valence-corrected chi connectivity index (χ1v) is 7.19. The summed E-state index contributed by atoms with van der Waals surface area (Å²) in [5.41, 5.74) is 6.55. The minimum Gasteiger partial charge on any atom is -0.312 e. The normalized spacial score (nSPS) is 13.9. The van der Waals surface area contributed by atoms with Crippen LogP contribution in [0.5, 0.6) is 0 Å². The first kappa shape index (κ1) is 12.3. The van der Waals surface area contributed by atoms with E-state index in [1.54, 1.807) is 12.7 Å². The molecular weight excluding hydrogens is 260 g/mol. The van der Waals surface area contributed by atoms with Crippen LogP contribution in [-0.2, 0) is 13.0 Å². The quantitative estimate of drug-likeness (QED) is 0.782. The predicted molar refractivity (Wildman–Crippen MR) is 82.2 cm³/mol. The summed E-state index contributed by atoms with van der Waals surface area (Å²) in [5.74, 6) is 0. The van der Waals surface area contributed by atoms with Crippen LogP contribution in [0.25, 0.3) is 16.8 Å². The highest BCUT2D eigenvalue weighted by atomic mass is 15.2. The molecule has 1 aliphatic heterocycles. The van der Waals surface area contributed by atoms with Crippen molar-refractivity contribution in [3.63, 3.8) is 0 Å². The number of hydrogen-bond donors (Lipinski definition) is 1. The summed E-state index contributed by atoms with van der Waals surface area (Å²) in [6.45, 7) is 2.02. The zero-order valence-electron chi connectivity index (χ0n) is 11.7. The number of hydrogen-bond acceptors (Lipinski definition) is 3. The molecule has 3 aromatic rings. The van der Waals surface area contributed by atoms with E-state index in [0.29, 0.717) is 0 Å². The molecule has 0 fully saturated rings. The summed E-state index contributed by atoms with van der Waals surface area (Å²) in [6.07, 6.45) is 4.54. The van der Waals surface area contributed by atoms with E-state index in [4.69, 9.17) is 0 Å². The molecule has 0 bridgehead atoms. The molecular formula is C17H16N4. The first-order valence-electron chi connectivity index (χ1n) is 7.19. The number of benzene rings is 2. The molecule has 0 unspecified atom stereocenters. The van der Waals surface area contributed by atoms with E-state index < -0.39 is 0 Å². The molecule has 0 spiro atoms. The standard InChI is InChI=1S/C17H16N4/c1-3-13(9-15(5-1)21-11-19-20-12-21)16-6-2-4-14-10-18-8-7-17(14)16/h1-6,9,11-12,18H,7-8,10H2. The van der Waals surface area contributed by atoms with Crippen LogP contribution in [0.1, 0.15) is 11.1 Å². The molecule has 104 valence electrons. The zero-order valence-corrected chi connectivity index (χ0v) is 11.7. The van der Waals surface area contributed by atoms with E-state index in [1.165, 1.54) is 22.3 Å². The Kier molecular flexibility index (Phi) is 3.01. The van der Waals surface area contributed by atoms with Gasteiger partial charge in [-0.05, 0) is 47.4 Å². The minimum atomic E-state index is 0.967. The van der Waals surface area contributed by atoms with Gasteiger partial charge in [0.25, 0.3) is 0 Å². The van der Waals surface area contributed by atoms with Gasteiger partial charge in [-0.3, -0.25) is 4.57 Å². The Bertz CT molecular complexity index is 762. The fourth-order valence-corrected chi connectivity index (χ4v) is 2.97. The molecule has 21 heavy (non-hydrogen) atoms. The molecule has 2 heterocycles. The fraction of sp³-hybridized carbons (Fsp3) is 0.176. The molecule has 2 aromatic carbocycles. The van der Waals surface area contributed by atoms with Crippen LogP contribution in [0.3, 0.4) is 0 Å². The summed E-state index contributed by atoms with van der Waals surface area (Å²) in [4.78, 5) is 0. The number of nitrogens with zero attached hydrogens (tertiary/aromatic N) is 3. The van der Waals surface area contributed by atoms with Crippen LogP contribution in [0.15, 0.2) is 55.1 Å². The summed E-state index contributed by atoms with van der Waals surface area (Å²) < 4.78 is 1.93. The largest absolute Gasteiger partial charge is 0.312 e. The van der Waals surface area contributed by atoms with E-state index in [9.17, 15) is 0 Å². The summed E-state index contributed by atoms with van der Waals surface area (Å²) in [6, 6.07) is 15.1. The average Bonchev–Trinajstić information content (AvgIpc) is 3.09. The highest BCUT2D eigenvalue weighted by Crippen LogP contribution is 2.29. The monoisotopic (exact) mass is 276 g/mol. The molecule has 4 rings (SSSR count). The van der Waals surface area contributed by atoms with Crippen molar-refractivity contribution < 1.29 is 0 Å². The second-order valence-electron chi connectivity index (χ2n) is 5.29. The molecule has 0 saturated carbocycles. The third-order valence-electron chi connectivity index (χ3n) is 4.01. The smallest absolute Gasteiger partial charge is 0.123 e. The Hall–Kier alpha value is -2.46. The van der Waals surface area contributed by atoms with Crippen LogP contribution >= 0.6 is 0 Å². The lowest BCUT2D eigenvalue weighted by molar-refractivity contribution is 0.645. The van der Waals surface area contributed by atoms with Crippen LogP contribution in [0.4, 0.5) is 0 Å². The predicted octanol–water partition coefficient (Wildman–Crippen LogP) is 2.58. The first-order chi connectivity index (χ1) is 10.4. The minimum absolute atomic E-state index is 0.967. The molecule has 0 aliphatic carbocycles. The number of fused-ring (bicyclic) bond motifs is 1. The van der Waals surface area contributed by atoms with Crippen LogP contribution in [0.2, 0.25) is 0 Å². The van der Waals surface area contributed by atoms with E-state index in [-0.39, 0.29) is 0 Å². The van der Waals surface area contributed by atoms with Gasteiger partial charge in [0, 0.05) is 12.2 Å². The Morgan fingerprint density at radius 1 is 1.00 bits per heavy atom. The maximum absolute atomic E-state index is 3.88. The van der Waals surface area contributed by atoms with Gasteiger partial charge in [0.2, 0.25) is 0 Å². The van der Waals surface area contributed by atoms with Gasteiger partial charge >= 0.3 is 0 Å². The van der Waals surface area contributed by atoms with Crippen LogP contribution in [-0.4, -0.2) is 21.3 Å². The average molecular weight is 276 g/mol. The van der Waals surface area contributed by atoms with Gasteiger partial charge in [0.1, 0.15) is 12.7 Å². The Morgan fingerprint density at radius 2 is 1.86 bits per heavy atom. The molecule has 1 N–H and O–H groups in total. The van der Waals surface area contributed by atoms with Crippen molar-refractivity contribution >= 4 is 0 Å². The van der Waals surface area contributed by atoms with Crippen LogP contribution < -0.4 is 5.32 Å². The SMILES string of the molecule is c1cc(-c2cccc3c2CCNC3)cc(-n2cnnc2)c1. The lowest BCUT2D eigenvalue weighted by Crippen LogP contribution is -2.24. The summed E-state index contributed by atoms with van der Waals surface area (Å²) in [5, 5.41) is 11.2. The second-order valence-corrected chi connectivity index (χ2v) is 5.29. The highest BCUT2D eigenvalue weighted by molar-refractivity contribution is 5.71. The van der Waals surface area contributed by atoms with E-state index in [0.717, 1.165) is 25.2 Å². The van der Waals surface area contributed by atoms with Gasteiger partial charge in [-0.15, -0.1) is 10.2 Å². The molecule has 1 aromatic heterocycles. The third-order valence-corrected chi connectivity index (χ3v) is 4.01. The van der Waals surface area contributed by atoms with E-state index in [2.05, 4.69) is 58.0 Å². The van der Waals surface area contributed by atoms with Crippen molar-refractivity contribution in [3.8, 4) is 16.8 Å². The summed E-state index contributed by atoms with van der Waals surface area (Å²) >= 11 is 0. The van der Waals surface area contributed by atoms with E-state index >= 15 is 0 Å². The molecule has 0 atom stereocenters. The maximum Gasteiger partial charge on any atom is 0.123 e. The topological polar surface area (TPSA) is 42.7 Å². The van der Waals surface area contributed by atoms with Gasteiger partial charge < -0.3 is 5.32 Å². The van der Waals surface area contributed by atoms with E-state index in [1.807, 2.05) is 4.57 Å². The third kappa shape index (κ3) is 2.23. The lowest BCUT2D eigenvalue weighted by Gasteiger charge is -2.20. The van der Waals surface area contributed by atoms with Crippen molar-refractivity contribution in [1.29, 1.82) is 0 Å². The number of rotatable bonds is 2. The van der Waals surface area contributed by atoms with Crippen LogP contribution in [0, 0.1) is 0 Å². The number of aromatic nitrogens is 3. The molecule has 0 radical (unpaired) electrons. The van der Waals surface area contributed by atoms with Crippen molar-refractivity contribution in [1.82, 2.24) is 20.1 Å². The van der Waals surface area contributed by atoms with Crippen molar-refractivity contribution in [2.45, 2.75) is 13.0 Å². The van der Waals surface area contributed by atoms with Gasteiger partial charge in [-0.1, -0.05) is 30.3 Å². The Labute approximate surface area is 123 Å². The molecule has 1 aliphatic rings. The molecule has 4 heteroatoms. The lowest BCUT2D eigenvalue weighted by atomic mass is 9.91. The zero-order chi connectivity index (χ0) is 14.1. The van der Waals surface area contributed by atoms with Gasteiger partial charge in [-0.2, -0.15) is 0 Å². The molecule has 0 saturated heterocycles. The van der Waals surface area contributed by atoms with Gasteiger partial charge in [-0.25, -0.2) is 0 Å². The Morgan fingerprint density at radius 3 is 2.76 bits per heavy atom. The Balaban J connectivity index is 1.82. The van der Waals surface area contributed by atoms with Gasteiger partial charge in [0.15, 0.2) is 0 Å². The molecule has 4 nitrogen and oxygen atoms in total. The highest BCUT2D eigenvalue weighted by Gasteiger charge is 2.13. The second kappa shape index (κ2) is 5.14. The van der Waals surface area contributed by atoms with Crippen molar-refractivity contribution in [2.24, 2.45) is 0 Å². The summed E-state index contributed by atoms with van der Waals surface area (Å²) in [7, 11) is 0. The van der Waals surface area contributed by atoms with Crippen molar-refractivity contribution in [2.75, 3.05) is 6.54 Å². The van der Waals surface area contributed by atoms with Crippen molar-refractivity contribution in [3.05, 3.63) is 66.2 Å².